The highest BCUT2D eigenvalue weighted by atomic mass is 35.5. The van der Waals surface area contributed by atoms with Crippen LogP contribution in [0.4, 0.5) is 5.13 Å². The topological polar surface area (TPSA) is 51.7 Å². The number of thiazole rings is 1. The third-order valence-corrected chi connectivity index (χ3v) is 4.50. The summed E-state index contributed by atoms with van der Waals surface area (Å²) >= 11 is 7.26. The summed E-state index contributed by atoms with van der Waals surface area (Å²) in [5, 5.41) is 0.972. The van der Waals surface area contributed by atoms with E-state index in [9.17, 15) is 4.79 Å². The van der Waals surface area contributed by atoms with Gasteiger partial charge in [-0.25, -0.2) is 9.78 Å². The Kier molecular flexibility index (Phi) is 5.01. The summed E-state index contributed by atoms with van der Waals surface area (Å²) in [5.41, 5.74) is 0. The number of ether oxygens (including phenoxy) is 2. The second kappa shape index (κ2) is 6.54. The summed E-state index contributed by atoms with van der Waals surface area (Å²) in [5.74, 6) is -0.438. The third kappa shape index (κ3) is 3.38. The molecule has 2 rings (SSSR count). The lowest BCUT2D eigenvalue weighted by Gasteiger charge is -2.22. The van der Waals surface area contributed by atoms with Crippen LogP contribution >= 0.6 is 22.9 Å². The Labute approximate surface area is 121 Å². The van der Waals surface area contributed by atoms with Crippen molar-refractivity contribution in [2.45, 2.75) is 25.9 Å². The molecule has 0 N–H and O–H groups in total. The van der Waals surface area contributed by atoms with Crippen molar-refractivity contribution in [3.8, 4) is 0 Å². The van der Waals surface area contributed by atoms with E-state index in [4.69, 9.17) is 16.3 Å². The lowest BCUT2D eigenvalue weighted by atomic mass is 10.2. The molecule has 19 heavy (non-hydrogen) atoms. The first kappa shape index (κ1) is 14.6. The molecular formula is C12H17ClN2O3S. The molecule has 1 fully saturated rings. The number of esters is 1. The van der Waals surface area contributed by atoms with Gasteiger partial charge in [-0.15, -0.1) is 0 Å². The van der Waals surface area contributed by atoms with E-state index in [1.165, 1.54) is 18.4 Å². The van der Waals surface area contributed by atoms with Gasteiger partial charge in [-0.05, 0) is 12.8 Å². The van der Waals surface area contributed by atoms with Crippen LogP contribution in [0.3, 0.4) is 0 Å². The lowest BCUT2D eigenvalue weighted by Crippen LogP contribution is -2.31. The number of hydrogen-bond acceptors (Lipinski definition) is 6. The van der Waals surface area contributed by atoms with Crippen LogP contribution in [-0.2, 0) is 9.47 Å². The molecule has 0 radical (unpaired) electrons. The van der Waals surface area contributed by atoms with Crippen molar-refractivity contribution in [1.29, 1.82) is 0 Å². The minimum Gasteiger partial charge on any atom is -0.465 e. The number of aromatic nitrogens is 1. The Balaban J connectivity index is 2.18. The fourth-order valence-corrected chi connectivity index (χ4v) is 3.19. The second-order valence-corrected chi connectivity index (χ2v) is 5.64. The van der Waals surface area contributed by atoms with Crippen molar-refractivity contribution in [2.24, 2.45) is 0 Å². The first-order valence-electron chi connectivity index (χ1n) is 6.26. The van der Waals surface area contributed by atoms with Crippen molar-refractivity contribution in [3.05, 3.63) is 10.0 Å². The van der Waals surface area contributed by atoms with E-state index in [0.717, 1.165) is 37.7 Å². The predicted octanol–water partition coefficient (Wildman–Crippen LogP) is 2.59. The van der Waals surface area contributed by atoms with Crippen LogP contribution < -0.4 is 4.90 Å². The van der Waals surface area contributed by atoms with E-state index in [-0.39, 0.29) is 11.3 Å². The van der Waals surface area contributed by atoms with Crippen molar-refractivity contribution < 1.29 is 14.3 Å². The molecule has 2 heterocycles. The predicted molar refractivity (Wildman–Crippen MR) is 75.3 cm³/mol. The van der Waals surface area contributed by atoms with Gasteiger partial charge in [-0.1, -0.05) is 29.9 Å². The fourth-order valence-electron chi connectivity index (χ4n) is 1.96. The quantitative estimate of drug-likeness (QED) is 0.803. The molecule has 0 spiro atoms. The zero-order chi connectivity index (χ0) is 13.8. The molecule has 1 aromatic heterocycles. The molecule has 5 nitrogen and oxygen atoms in total. The summed E-state index contributed by atoms with van der Waals surface area (Å²) in [6.45, 7) is 4.50. The molecule has 0 amide bonds. The fraction of sp³-hybridized carbons (Fsp3) is 0.667. The zero-order valence-electron chi connectivity index (χ0n) is 11.0. The largest absolute Gasteiger partial charge is 0.465 e. The standard InChI is InChI=1S/C12H17ClN2O3S/c1-3-8-7-15(5-4-6-18-8)12-14-10(13)9(19-12)11(16)17-2/h8H,3-7H2,1-2H3. The van der Waals surface area contributed by atoms with Gasteiger partial charge in [0.15, 0.2) is 15.2 Å². The monoisotopic (exact) mass is 304 g/mol. The molecule has 106 valence electrons. The van der Waals surface area contributed by atoms with E-state index in [1.807, 2.05) is 0 Å². The molecular weight excluding hydrogens is 288 g/mol. The Morgan fingerprint density at radius 2 is 2.47 bits per heavy atom. The zero-order valence-corrected chi connectivity index (χ0v) is 12.6. The number of carbonyl (C=O) groups excluding carboxylic acids is 1. The normalized spacial score (nSPS) is 20.2. The molecule has 1 aliphatic rings. The Morgan fingerprint density at radius 1 is 1.68 bits per heavy atom. The van der Waals surface area contributed by atoms with E-state index < -0.39 is 5.97 Å². The van der Waals surface area contributed by atoms with Gasteiger partial charge in [0.1, 0.15) is 0 Å². The van der Waals surface area contributed by atoms with Crippen molar-refractivity contribution in [3.63, 3.8) is 0 Å². The molecule has 0 aliphatic carbocycles. The SMILES string of the molecule is CCC1CN(c2nc(Cl)c(C(=O)OC)s2)CCCO1. The summed E-state index contributed by atoms with van der Waals surface area (Å²) in [6, 6.07) is 0. The maximum absolute atomic E-state index is 11.5. The molecule has 1 aliphatic heterocycles. The minimum atomic E-state index is -0.438. The molecule has 0 saturated carbocycles. The summed E-state index contributed by atoms with van der Waals surface area (Å²) in [7, 11) is 1.34. The lowest BCUT2D eigenvalue weighted by molar-refractivity contribution is 0.0606. The molecule has 1 saturated heterocycles. The van der Waals surface area contributed by atoms with Gasteiger partial charge in [0.2, 0.25) is 0 Å². The smallest absolute Gasteiger partial charge is 0.351 e. The number of methoxy groups -OCH3 is 1. The van der Waals surface area contributed by atoms with Crippen LogP contribution in [0.15, 0.2) is 0 Å². The summed E-state index contributed by atoms with van der Waals surface area (Å²) in [6.07, 6.45) is 2.10. The van der Waals surface area contributed by atoms with Gasteiger partial charge < -0.3 is 14.4 Å². The minimum absolute atomic E-state index is 0.201. The molecule has 0 aromatic carbocycles. The number of rotatable bonds is 3. The maximum atomic E-state index is 11.5. The Bertz CT molecular complexity index is 452. The van der Waals surface area contributed by atoms with E-state index in [0.29, 0.717) is 4.88 Å². The summed E-state index contributed by atoms with van der Waals surface area (Å²) in [4.78, 5) is 18.3. The van der Waals surface area contributed by atoms with Gasteiger partial charge in [0, 0.05) is 19.7 Å². The van der Waals surface area contributed by atoms with Crippen LogP contribution in [0.1, 0.15) is 29.4 Å². The van der Waals surface area contributed by atoms with E-state index in [1.54, 1.807) is 0 Å². The second-order valence-electron chi connectivity index (χ2n) is 4.31. The first-order valence-corrected chi connectivity index (χ1v) is 7.46. The van der Waals surface area contributed by atoms with Crippen molar-refractivity contribution >= 4 is 34.0 Å². The van der Waals surface area contributed by atoms with Gasteiger partial charge >= 0.3 is 5.97 Å². The van der Waals surface area contributed by atoms with Crippen LogP contribution in [0.5, 0.6) is 0 Å². The molecule has 1 atom stereocenters. The highest BCUT2D eigenvalue weighted by molar-refractivity contribution is 7.18. The molecule has 1 aromatic rings. The maximum Gasteiger partial charge on any atom is 0.351 e. The van der Waals surface area contributed by atoms with Crippen LogP contribution in [0.2, 0.25) is 5.15 Å². The van der Waals surface area contributed by atoms with E-state index in [2.05, 4.69) is 21.5 Å². The van der Waals surface area contributed by atoms with Crippen LogP contribution in [-0.4, -0.2) is 43.9 Å². The molecule has 0 bridgehead atoms. The molecule has 1 unspecified atom stereocenters. The van der Waals surface area contributed by atoms with Crippen LogP contribution in [0, 0.1) is 0 Å². The van der Waals surface area contributed by atoms with Crippen LogP contribution in [0.25, 0.3) is 0 Å². The van der Waals surface area contributed by atoms with Crippen molar-refractivity contribution in [1.82, 2.24) is 4.98 Å². The first-order chi connectivity index (χ1) is 9.15. The number of hydrogen-bond donors (Lipinski definition) is 0. The summed E-state index contributed by atoms with van der Waals surface area (Å²) < 4.78 is 10.4. The average Bonchev–Trinajstić information content (AvgIpc) is 2.66. The molecule has 7 heteroatoms. The Morgan fingerprint density at radius 3 is 3.16 bits per heavy atom. The van der Waals surface area contributed by atoms with Gasteiger partial charge in [-0.3, -0.25) is 0 Å². The number of nitrogens with zero attached hydrogens (tertiary/aromatic N) is 2. The highest BCUT2D eigenvalue weighted by Crippen LogP contribution is 2.31. The highest BCUT2D eigenvalue weighted by Gasteiger charge is 2.24. The van der Waals surface area contributed by atoms with Gasteiger partial charge in [0.25, 0.3) is 0 Å². The van der Waals surface area contributed by atoms with Gasteiger partial charge in [-0.2, -0.15) is 0 Å². The third-order valence-electron chi connectivity index (χ3n) is 3.02. The number of anilines is 1. The van der Waals surface area contributed by atoms with E-state index >= 15 is 0 Å². The number of halogens is 1. The Hall–Kier alpha value is -0.850. The van der Waals surface area contributed by atoms with Gasteiger partial charge in [0.05, 0.1) is 13.2 Å². The van der Waals surface area contributed by atoms with Crippen molar-refractivity contribution in [2.75, 3.05) is 31.7 Å². The number of carbonyl (C=O) groups is 1. The average molecular weight is 305 g/mol.